The molecule has 1 saturated carbocycles. The van der Waals surface area contributed by atoms with Crippen LogP contribution in [0.15, 0.2) is 0 Å². The van der Waals surface area contributed by atoms with Gasteiger partial charge >= 0.3 is 6.18 Å². The van der Waals surface area contributed by atoms with Gasteiger partial charge in [0.1, 0.15) is 0 Å². The Kier molecular flexibility index (Phi) is 4.20. The third-order valence-corrected chi connectivity index (χ3v) is 3.24. The van der Waals surface area contributed by atoms with Crippen LogP contribution in [0.25, 0.3) is 0 Å². The van der Waals surface area contributed by atoms with Crippen LogP contribution in [0.1, 0.15) is 26.2 Å². The van der Waals surface area contributed by atoms with Gasteiger partial charge in [-0.25, -0.2) is 0 Å². The molecule has 0 aromatic heterocycles. The summed E-state index contributed by atoms with van der Waals surface area (Å²) in [6.07, 6.45) is -2.52. The van der Waals surface area contributed by atoms with Crippen LogP contribution in [0.3, 0.4) is 0 Å². The molecule has 3 nitrogen and oxygen atoms in total. The molecule has 0 aromatic carbocycles. The molecule has 16 heavy (non-hydrogen) atoms. The Hall–Kier alpha value is -0.330. The van der Waals surface area contributed by atoms with Crippen molar-refractivity contribution in [2.24, 2.45) is 5.73 Å². The average Bonchev–Trinajstić information content (AvgIpc) is 2.57. The van der Waals surface area contributed by atoms with Gasteiger partial charge in [0.05, 0.1) is 13.2 Å². The Morgan fingerprint density at radius 2 is 2.12 bits per heavy atom. The monoisotopic (exact) mass is 240 g/mol. The summed E-state index contributed by atoms with van der Waals surface area (Å²) in [5.41, 5.74) is 5.16. The molecule has 96 valence electrons. The van der Waals surface area contributed by atoms with Gasteiger partial charge in [-0.15, -0.1) is 0 Å². The highest BCUT2D eigenvalue weighted by molar-refractivity contribution is 4.97. The van der Waals surface area contributed by atoms with Crippen molar-refractivity contribution >= 4 is 0 Å². The number of rotatable bonds is 4. The van der Waals surface area contributed by atoms with Crippen LogP contribution in [0.2, 0.25) is 0 Å². The maximum atomic E-state index is 12.3. The highest BCUT2D eigenvalue weighted by atomic mass is 19.4. The number of aliphatic hydroxyl groups excluding tert-OH is 1. The maximum Gasteiger partial charge on any atom is 0.401 e. The Balaban J connectivity index is 2.56. The fraction of sp³-hybridized carbons (Fsp3) is 1.00. The molecular formula is C10H19F3N2O. The molecule has 3 N–H and O–H groups in total. The predicted octanol–water partition coefficient (Wildman–Crippen LogP) is 1.11. The number of hydrogen-bond acceptors (Lipinski definition) is 3. The Morgan fingerprint density at radius 1 is 1.50 bits per heavy atom. The normalized spacial score (nSPS) is 31.3. The van der Waals surface area contributed by atoms with E-state index in [-0.39, 0.29) is 12.6 Å². The van der Waals surface area contributed by atoms with E-state index in [0.29, 0.717) is 25.8 Å². The van der Waals surface area contributed by atoms with Crippen LogP contribution in [-0.4, -0.2) is 47.5 Å². The zero-order valence-electron chi connectivity index (χ0n) is 9.43. The first kappa shape index (κ1) is 13.7. The lowest BCUT2D eigenvalue weighted by atomic mass is 10.0. The minimum atomic E-state index is -4.17. The van der Waals surface area contributed by atoms with Crippen LogP contribution in [0.5, 0.6) is 0 Å². The second-order valence-corrected chi connectivity index (χ2v) is 4.60. The van der Waals surface area contributed by atoms with E-state index in [9.17, 15) is 13.2 Å². The second-order valence-electron chi connectivity index (χ2n) is 4.60. The lowest BCUT2D eigenvalue weighted by molar-refractivity contribution is -0.150. The van der Waals surface area contributed by atoms with Gasteiger partial charge in [-0.1, -0.05) is 6.92 Å². The van der Waals surface area contributed by atoms with E-state index in [2.05, 4.69) is 0 Å². The van der Waals surface area contributed by atoms with Gasteiger partial charge in [0.15, 0.2) is 0 Å². The lowest BCUT2D eigenvalue weighted by Crippen LogP contribution is -2.45. The van der Waals surface area contributed by atoms with E-state index in [1.165, 1.54) is 4.90 Å². The van der Waals surface area contributed by atoms with Gasteiger partial charge in [-0.3, -0.25) is 4.90 Å². The Labute approximate surface area is 93.4 Å². The summed E-state index contributed by atoms with van der Waals surface area (Å²) in [5.74, 6) is 0. The standard InChI is InChI=1S/C10H19F3N2O/c1-2-15(6-10(11,12)13)8-3-4-9(14,5-8)7-16/h8,16H,2-7,14H2,1H3. The molecule has 1 fully saturated rings. The Morgan fingerprint density at radius 3 is 2.50 bits per heavy atom. The molecule has 1 rings (SSSR count). The summed E-state index contributed by atoms with van der Waals surface area (Å²) in [4.78, 5) is 1.39. The first-order valence-electron chi connectivity index (χ1n) is 5.50. The zero-order chi connectivity index (χ0) is 12.4. The number of aliphatic hydroxyl groups is 1. The molecule has 0 bridgehead atoms. The summed E-state index contributed by atoms with van der Waals surface area (Å²) >= 11 is 0. The van der Waals surface area contributed by atoms with E-state index in [1.54, 1.807) is 6.92 Å². The largest absolute Gasteiger partial charge is 0.401 e. The van der Waals surface area contributed by atoms with E-state index in [1.807, 2.05) is 0 Å². The van der Waals surface area contributed by atoms with Gasteiger partial charge in [-0.2, -0.15) is 13.2 Å². The molecule has 0 aromatic rings. The predicted molar refractivity (Wildman–Crippen MR) is 54.9 cm³/mol. The molecule has 1 aliphatic carbocycles. The molecule has 0 aliphatic heterocycles. The van der Waals surface area contributed by atoms with Crippen molar-refractivity contribution in [1.82, 2.24) is 4.90 Å². The summed E-state index contributed by atoms with van der Waals surface area (Å²) in [7, 11) is 0. The molecule has 2 unspecified atom stereocenters. The Bertz CT molecular complexity index is 235. The average molecular weight is 240 g/mol. The van der Waals surface area contributed by atoms with Crippen molar-refractivity contribution in [3.63, 3.8) is 0 Å². The summed E-state index contributed by atoms with van der Waals surface area (Å²) in [5, 5.41) is 9.06. The van der Waals surface area contributed by atoms with Crippen molar-refractivity contribution in [2.75, 3.05) is 19.7 Å². The minimum absolute atomic E-state index is 0.160. The lowest BCUT2D eigenvalue weighted by Gasteiger charge is -2.29. The fourth-order valence-corrected chi connectivity index (χ4v) is 2.31. The van der Waals surface area contributed by atoms with Gasteiger partial charge in [0, 0.05) is 11.6 Å². The number of nitrogens with zero attached hydrogens (tertiary/aromatic N) is 1. The van der Waals surface area contributed by atoms with Gasteiger partial charge in [0.25, 0.3) is 0 Å². The molecule has 6 heteroatoms. The maximum absolute atomic E-state index is 12.3. The van der Waals surface area contributed by atoms with E-state index < -0.39 is 18.3 Å². The highest BCUT2D eigenvalue weighted by Gasteiger charge is 2.40. The number of alkyl halides is 3. The van der Waals surface area contributed by atoms with Gasteiger partial charge in [0.2, 0.25) is 0 Å². The summed E-state index contributed by atoms with van der Waals surface area (Å²) < 4.78 is 36.9. The molecule has 2 atom stereocenters. The third-order valence-electron chi connectivity index (χ3n) is 3.24. The van der Waals surface area contributed by atoms with Crippen LogP contribution in [-0.2, 0) is 0 Å². The molecule has 0 spiro atoms. The van der Waals surface area contributed by atoms with Crippen molar-refractivity contribution in [2.45, 2.75) is 43.9 Å². The van der Waals surface area contributed by atoms with Crippen molar-refractivity contribution in [3.8, 4) is 0 Å². The van der Waals surface area contributed by atoms with Crippen molar-refractivity contribution < 1.29 is 18.3 Å². The number of halogens is 3. The van der Waals surface area contributed by atoms with Crippen LogP contribution < -0.4 is 5.73 Å². The smallest absolute Gasteiger partial charge is 0.394 e. The zero-order valence-corrected chi connectivity index (χ0v) is 9.43. The number of hydrogen-bond donors (Lipinski definition) is 2. The fourth-order valence-electron chi connectivity index (χ4n) is 2.31. The van der Waals surface area contributed by atoms with Gasteiger partial charge in [-0.05, 0) is 25.8 Å². The van der Waals surface area contributed by atoms with E-state index in [4.69, 9.17) is 10.8 Å². The first-order chi connectivity index (χ1) is 7.29. The topological polar surface area (TPSA) is 49.5 Å². The quantitative estimate of drug-likeness (QED) is 0.774. The molecular weight excluding hydrogens is 221 g/mol. The second kappa shape index (κ2) is 4.89. The molecule has 0 amide bonds. The van der Waals surface area contributed by atoms with Gasteiger partial charge < -0.3 is 10.8 Å². The van der Waals surface area contributed by atoms with Crippen LogP contribution in [0.4, 0.5) is 13.2 Å². The molecule has 0 radical (unpaired) electrons. The van der Waals surface area contributed by atoms with E-state index in [0.717, 1.165) is 0 Å². The summed E-state index contributed by atoms with van der Waals surface area (Å²) in [6.45, 7) is 1.01. The molecule has 1 aliphatic rings. The summed E-state index contributed by atoms with van der Waals surface area (Å²) in [6, 6.07) is -0.163. The van der Waals surface area contributed by atoms with Crippen LogP contribution in [0, 0.1) is 0 Å². The highest BCUT2D eigenvalue weighted by Crippen LogP contribution is 2.32. The number of nitrogens with two attached hydrogens (primary N) is 1. The van der Waals surface area contributed by atoms with Crippen LogP contribution >= 0.6 is 0 Å². The minimum Gasteiger partial charge on any atom is -0.394 e. The first-order valence-corrected chi connectivity index (χ1v) is 5.50. The SMILES string of the molecule is CCN(CC(F)(F)F)C1CCC(N)(CO)C1. The van der Waals surface area contributed by atoms with Crippen molar-refractivity contribution in [3.05, 3.63) is 0 Å². The van der Waals surface area contributed by atoms with Crippen molar-refractivity contribution in [1.29, 1.82) is 0 Å². The molecule has 0 saturated heterocycles. The van der Waals surface area contributed by atoms with E-state index >= 15 is 0 Å². The third kappa shape index (κ3) is 3.61. The molecule has 0 heterocycles.